The van der Waals surface area contributed by atoms with E-state index in [4.69, 9.17) is 4.98 Å². The number of imidazole rings is 1. The molecule has 0 saturated carbocycles. The Morgan fingerprint density at radius 3 is 2.44 bits per heavy atom. The molecule has 4 rings (SSSR count). The lowest BCUT2D eigenvalue weighted by molar-refractivity contribution is 0.319. The minimum absolute atomic E-state index is 0.280. The number of nitrogens with zero attached hydrogens (tertiary/aromatic N) is 4. The number of pyridine rings is 2. The molecule has 0 amide bonds. The first-order chi connectivity index (χ1) is 13.2. The van der Waals surface area contributed by atoms with Crippen LogP contribution in [0.2, 0.25) is 0 Å². The van der Waals surface area contributed by atoms with Gasteiger partial charge in [-0.25, -0.2) is 4.98 Å². The van der Waals surface area contributed by atoms with Gasteiger partial charge in [0.15, 0.2) is 0 Å². The summed E-state index contributed by atoms with van der Waals surface area (Å²) in [5, 5.41) is 3.83. The quantitative estimate of drug-likeness (QED) is 0.750. The average Bonchev–Trinajstić information content (AvgIpc) is 3.12. The second-order valence-electron chi connectivity index (χ2n) is 7.41. The first kappa shape index (κ1) is 17.9. The van der Waals surface area contributed by atoms with Gasteiger partial charge in [0.2, 0.25) is 0 Å². The highest BCUT2D eigenvalue weighted by Crippen LogP contribution is 2.33. The molecule has 0 aromatic carbocycles. The van der Waals surface area contributed by atoms with E-state index in [0.29, 0.717) is 6.04 Å². The van der Waals surface area contributed by atoms with Crippen molar-refractivity contribution in [2.24, 2.45) is 7.05 Å². The van der Waals surface area contributed by atoms with E-state index in [1.807, 2.05) is 36.9 Å². The standard InChI is InChI=1S/C22H27N5/c1-16-6-4-12-24-21(16)18-8-3-9-19(26-18)22-17(7-5-13-25-22)10-11-20-23-14-15-27(20)2/h4-7,12-15,18-19,26H,3,8-11H2,1-2H3/t18-,19+/m0/s1. The van der Waals surface area contributed by atoms with Gasteiger partial charge < -0.3 is 9.88 Å². The van der Waals surface area contributed by atoms with E-state index in [-0.39, 0.29) is 6.04 Å². The van der Waals surface area contributed by atoms with Crippen molar-refractivity contribution in [3.8, 4) is 0 Å². The topological polar surface area (TPSA) is 55.6 Å². The normalized spacial score (nSPS) is 19.9. The van der Waals surface area contributed by atoms with Crippen LogP contribution in [0, 0.1) is 6.92 Å². The van der Waals surface area contributed by atoms with E-state index in [2.05, 4.69) is 46.0 Å². The van der Waals surface area contributed by atoms with Gasteiger partial charge in [0.05, 0.1) is 23.5 Å². The zero-order chi connectivity index (χ0) is 18.6. The highest BCUT2D eigenvalue weighted by atomic mass is 15.0. The Balaban J connectivity index is 1.52. The zero-order valence-corrected chi connectivity index (χ0v) is 16.1. The molecule has 140 valence electrons. The van der Waals surface area contributed by atoms with Crippen molar-refractivity contribution in [3.05, 3.63) is 77.4 Å². The van der Waals surface area contributed by atoms with Crippen molar-refractivity contribution in [1.29, 1.82) is 0 Å². The molecule has 0 unspecified atom stereocenters. The summed E-state index contributed by atoms with van der Waals surface area (Å²) in [6, 6.07) is 8.99. The number of hydrogen-bond donors (Lipinski definition) is 1. The summed E-state index contributed by atoms with van der Waals surface area (Å²) >= 11 is 0. The third-order valence-electron chi connectivity index (χ3n) is 5.56. The molecule has 0 aliphatic carbocycles. The summed E-state index contributed by atoms with van der Waals surface area (Å²) in [6.45, 7) is 2.15. The van der Waals surface area contributed by atoms with E-state index in [0.717, 1.165) is 31.5 Å². The lowest BCUT2D eigenvalue weighted by Crippen LogP contribution is -2.33. The number of aromatic nitrogens is 4. The smallest absolute Gasteiger partial charge is 0.108 e. The van der Waals surface area contributed by atoms with E-state index < -0.39 is 0 Å². The molecule has 5 heteroatoms. The summed E-state index contributed by atoms with van der Waals surface area (Å²) in [5.74, 6) is 1.11. The summed E-state index contributed by atoms with van der Waals surface area (Å²) in [5.41, 5.74) is 4.93. The van der Waals surface area contributed by atoms with Gasteiger partial charge in [-0.15, -0.1) is 0 Å². The van der Waals surface area contributed by atoms with Gasteiger partial charge in [-0.2, -0.15) is 0 Å². The maximum atomic E-state index is 4.77. The number of rotatable bonds is 5. The summed E-state index contributed by atoms with van der Waals surface area (Å²) in [6.07, 6.45) is 13.0. The zero-order valence-electron chi connectivity index (χ0n) is 16.1. The van der Waals surface area contributed by atoms with E-state index in [1.165, 1.54) is 28.9 Å². The minimum atomic E-state index is 0.280. The van der Waals surface area contributed by atoms with Crippen LogP contribution in [0.15, 0.2) is 49.1 Å². The first-order valence-electron chi connectivity index (χ1n) is 9.80. The molecule has 5 nitrogen and oxygen atoms in total. The fourth-order valence-corrected chi connectivity index (χ4v) is 4.09. The van der Waals surface area contributed by atoms with Crippen molar-refractivity contribution in [3.63, 3.8) is 0 Å². The largest absolute Gasteiger partial charge is 0.338 e. The van der Waals surface area contributed by atoms with Crippen LogP contribution in [0.4, 0.5) is 0 Å². The average molecular weight is 361 g/mol. The van der Waals surface area contributed by atoms with E-state index in [9.17, 15) is 0 Å². The Labute approximate surface area is 160 Å². The Bertz CT molecular complexity index is 901. The van der Waals surface area contributed by atoms with Gasteiger partial charge >= 0.3 is 0 Å². The molecule has 0 radical (unpaired) electrons. The van der Waals surface area contributed by atoms with Crippen LogP contribution in [0.1, 0.15) is 59.7 Å². The van der Waals surface area contributed by atoms with Crippen LogP contribution in [-0.4, -0.2) is 19.5 Å². The van der Waals surface area contributed by atoms with Crippen LogP contribution >= 0.6 is 0 Å². The van der Waals surface area contributed by atoms with Crippen LogP contribution in [0.25, 0.3) is 0 Å². The molecule has 0 bridgehead atoms. The molecule has 1 N–H and O–H groups in total. The van der Waals surface area contributed by atoms with Gasteiger partial charge in [-0.05, 0) is 55.9 Å². The Morgan fingerprint density at radius 1 is 0.963 bits per heavy atom. The van der Waals surface area contributed by atoms with Crippen molar-refractivity contribution in [2.75, 3.05) is 0 Å². The SMILES string of the molecule is Cc1cccnc1[C@@H]1CCC[C@H](c2ncccc2CCc2nccn2C)N1. The lowest BCUT2D eigenvalue weighted by Gasteiger charge is -2.32. The molecule has 1 aliphatic heterocycles. The van der Waals surface area contributed by atoms with Crippen LogP contribution in [-0.2, 0) is 19.9 Å². The van der Waals surface area contributed by atoms with Crippen LogP contribution < -0.4 is 5.32 Å². The maximum Gasteiger partial charge on any atom is 0.108 e. The fourth-order valence-electron chi connectivity index (χ4n) is 4.09. The summed E-state index contributed by atoms with van der Waals surface area (Å²) in [7, 11) is 2.05. The molecule has 2 atom stereocenters. The Kier molecular flexibility index (Phi) is 5.30. The second kappa shape index (κ2) is 8.01. The number of hydrogen-bond acceptors (Lipinski definition) is 4. The van der Waals surface area contributed by atoms with Crippen molar-refractivity contribution in [1.82, 2.24) is 24.8 Å². The number of aryl methyl sites for hydroxylation is 4. The lowest BCUT2D eigenvalue weighted by atomic mass is 9.90. The third-order valence-corrected chi connectivity index (χ3v) is 5.56. The molecule has 4 heterocycles. The molecular formula is C22H27N5. The minimum Gasteiger partial charge on any atom is -0.338 e. The maximum absolute atomic E-state index is 4.77. The predicted molar refractivity (Wildman–Crippen MR) is 106 cm³/mol. The predicted octanol–water partition coefficient (Wildman–Crippen LogP) is 3.86. The Hall–Kier alpha value is -2.53. The summed E-state index contributed by atoms with van der Waals surface area (Å²) in [4.78, 5) is 13.9. The number of piperidine rings is 1. The molecule has 1 fully saturated rings. The molecule has 27 heavy (non-hydrogen) atoms. The third kappa shape index (κ3) is 3.93. The van der Waals surface area contributed by atoms with Gasteiger partial charge in [0.1, 0.15) is 5.82 Å². The van der Waals surface area contributed by atoms with Crippen molar-refractivity contribution < 1.29 is 0 Å². The molecule has 1 saturated heterocycles. The highest BCUT2D eigenvalue weighted by Gasteiger charge is 2.27. The van der Waals surface area contributed by atoms with Crippen molar-refractivity contribution in [2.45, 2.75) is 51.1 Å². The molecular weight excluding hydrogens is 334 g/mol. The molecule has 3 aromatic heterocycles. The molecule has 0 spiro atoms. The first-order valence-corrected chi connectivity index (χ1v) is 9.80. The van der Waals surface area contributed by atoms with Gasteiger partial charge in [0, 0.05) is 38.3 Å². The van der Waals surface area contributed by atoms with Gasteiger partial charge in [0.25, 0.3) is 0 Å². The molecule has 1 aliphatic rings. The number of nitrogens with one attached hydrogen (secondary N) is 1. The van der Waals surface area contributed by atoms with Gasteiger partial charge in [-0.3, -0.25) is 9.97 Å². The Morgan fingerprint density at radius 2 is 1.70 bits per heavy atom. The fraction of sp³-hybridized carbons (Fsp3) is 0.409. The van der Waals surface area contributed by atoms with Crippen LogP contribution in [0.3, 0.4) is 0 Å². The van der Waals surface area contributed by atoms with Gasteiger partial charge in [-0.1, -0.05) is 12.1 Å². The highest BCUT2D eigenvalue weighted by molar-refractivity contribution is 5.27. The second-order valence-corrected chi connectivity index (χ2v) is 7.41. The summed E-state index contributed by atoms with van der Waals surface area (Å²) < 4.78 is 2.09. The van der Waals surface area contributed by atoms with Crippen LogP contribution in [0.5, 0.6) is 0 Å². The monoisotopic (exact) mass is 361 g/mol. The van der Waals surface area contributed by atoms with E-state index >= 15 is 0 Å². The molecule has 3 aromatic rings. The van der Waals surface area contributed by atoms with E-state index in [1.54, 1.807) is 0 Å². The van der Waals surface area contributed by atoms with Crippen molar-refractivity contribution >= 4 is 0 Å².